The van der Waals surface area contributed by atoms with Crippen LogP contribution in [-0.2, 0) is 0 Å². The largest absolute Gasteiger partial charge is 0.310 e. The highest BCUT2D eigenvalue weighted by atomic mass is 32.1. The number of rotatable bonds is 8. The zero-order chi connectivity index (χ0) is 45.1. The first-order valence-corrected chi connectivity index (χ1v) is 24.5. The Balaban J connectivity index is 1.07. The maximum Gasteiger partial charge on any atom is 0.0541 e. The van der Waals surface area contributed by atoms with Gasteiger partial charge in [0, 0.05) is 53.6 Å². The number of fused-ring (bicyclic) bond motifs is 7. The van der Waals surface area contributed by atoms with E-state index >= 15 is 0 Å². The van der Waals surface area contributed by atoms with Crippen molar-refractivity contribution in [2.45, 2.75) is 13.3 Å². The van der Waals surface area contributed by atoms with Crippen molar-refractivity contribution in [3.63, 3.8) is 0 Å². The summed E-state index contributed by atoms with van der Waals surface area (Å²) in [5, 5.41) is 7.60. The molecule has 322 valence electrons. The van der Waals surface area contributed by atoms with Gasteiger partial charge >= 0.3 is 0 Å². The molecule has 0 fully saturated rings. The van der Waals surface area contributed by atoms with Crippen molar-refractivity contribution in [2.24, 2.45) is 5.92 Å². The van der Waals surface area contributed by atoms with E-state index in [2.05, 4.69) is 259 Å². The van der Waals surface area contributed by atoms with Crippen LogP contribution in [0, 0.1) is 5.92 Å². The lowest BCUT2D eigenvalue weighted by Crippen LogP contribution is -2.20. The normalized spacial score (nSPS) is 13.9. The summed E-state index contributed by atoms with van der Waals surface area (Å²) in [5.74, 6) is 0.357. The molecular weight excluding hydrogens is 841 g/mol. The maximum atomic E-state index is 2.56. The summed E-state index contributed by atoms with van der Waals surface area (Å²) < 4.78 is 5.04. The van der Waals surface area contributed by atoms with Crippen LogP contribution in [0.3, 0.4) is 0 Å². The van der Waals surface area contributed by atoms with Crippen molar-refractivity contribution in [2.75, 3.05) is 4.90 Å². The average Bonchev–Trinajstić information content (AvgIpc) is 3.95. The molecule has 0 aliphatic heterocycles. The minimum atomic E-state index is 0.357. The van der Waals surface area contributed by atoms with Gasteiger partial charge in [0.15, 0.2) is 0 Å². The van der Waals surface area contributed by atoms with E-state index in [9.17, 15) is 0 Å². The molecule has 2 aromatic heterocycles. The van der Waals surface area contributed by atoms with Gasteiger partial charge in [0.05, 0.1) is 16.7 Å². The van der Waals surface area contributed by atoms with E-state index in [0.717, 1.165) is 17.8 Å². The molecule has 12 aromatic rings. The fraction of sp³-hybridized carbons (Fsp3) is 0.0462. The van der Waals surface area contributed by atoms with Crippen molar-refractivity contribution in [1.82, 2.24) is 4.57 Å². The number of nitrogens with zero attached hydrogens (tertiary/aromatic N) is 2. The van der Waals surface area contributed by atoms with E-state index in [0.29, 0.717) is 5.92 Å². The van der Waals surface area contributed by atoms with Crippen molar-refractivity contribution >= 4 is 81.0 Å². The minimum Gasteiger partial charge on any atom is -0.310 e. The Kier molecular flexibility index (Phi) is 9.77. The van der Waals surface area contributed by atoms with Crippen LogP contribution in [0.15, 0.2) is 248 Å². The SMILES string of the molecule is CC1C=CC(N(c2cccc(-c3cccc4c3sc3ccccc34)c2)c2ccccc2-c2cccc3cccc(-c4ccccc4)c23)=C(c2ccc3c(c2)c2ccccc2n3-c2ccccc2)C1. The van der Waals surface area contributed by atoms with Gasteiger partial charge in [-0.25, -0.2) is 0 Å². The average molecular weight is 887 g/mol. The lowest BCUT2D eigenvalue weighted by atomic mass is 9.87. The number of hydrogen-bond donors (Lipinski definition) is 0. The summed E-state index contributed by atoms with van der Waals surface area (Å²) in [7, 11) is 0. The molecule has 1 aliphatic rings. The summed E-state index contributed by atoms with van der Waals surface area (Å²) in [5.41, 5.74) is 16.9. The molecule has 68 heavy (non-hydrogen) atoms. The number of anilines is 2. The van der Waals surface area contributed by atoms with Crippen molar-refractivity contribution in [3.05, 3.63) is 254 Å². The third-order valence-corrected chi connectivity index (χ3v) is 15.2. The van der Waals surface area contributed by atoms with Crippen LogP contribution >= 0.6 is 11.3 Å². The van der Waals surface area contributed by atoms with Gasteiger partial charge in [-0.2, -0.15) is 0 Å². The molecule has 1 aliphatic carbocycles. The molecule has 0 saturated carbocycles. The van der Waals surface area contributed by atoms with Gasteiger partial charge in [0.2, 0.25) is 0 Å². The van der Waals surface area contributed by atoms with Gasteiger partial charge in [-0.05, 0) is 123 Å². The van der Waals surface area contributed by atoms with Crippen LogP contribution in [0.2, 0.25) is 0 Å². The first-order chi connectivity index (χ1) is 33.7. The van der Waals surface area contributed by atoms with Crippen molar-refractivity contribution < 1.29 is 0 Å². The van der Waals surface area contributed by atoms with Gasteiger partial charge in [-0.1, -0.05) is 189 Å². The molecule has 0 saturated heterocycles. The van der Waals surface area contributed by atoms with E-state index in [4.69, 9.17) is 0 Å². The summed E-state index contributed by atoms with van der Waals surface area (Å²) in [4.78, 5) is 2.56. The Morgan fingerprint density at radius 2 is 1.12 bits per heavy atom. The highest BCUT2D eigenvalue weighted by Gasteiger charge is 2.27. The zero-order valence-corrected chi connectivity index (χ0v) is 38.5. The van der Waals surface area contributed by atoms with Crippen LogP contribution in [0.1, 0.15) is 18.9 Å². The van der Waals surface area contributed by atoms with E-state index in [1.165, 1.54) is 109 Å². The summed E-state index contributed by atoms with van der Waals surface area (Å²) in [6, 6.07) is 85.0. The molecule has 0 spiro atoms. The molecule has 3 heteroatoms. The lowest BCUT2D eigenvalue weighted by Gasteiger charge is -2.33. The lowest BCUT2D eigenvalue weighted by molar-refractivity contribution is 0.742. The topological polar surface area (TPSA) is 8.17 Å². The molecule has 1 unspecified atom stereocenters. The fourth-order valence-electron chi connectivity index (χ4n) is 10.9. The molecular formula is C65H46N2S. The molecule has 13 rings (SSSR count). The third-order valence-electron chi connectivity index (χ3n) is 13.9. The maximum absolute atomic E-state index is 2.56. The number of aromatic nitrogens is 1. The van der Waals surface area contributed by atoms with Crippen molar-refractivity contribution in [1.29, 1.82) is 0 Å². The number of thiophene rings is 1. The van der Waals surface area contributed by atoms with E-state index in [-0.39, 0.29) is 0 Å². The first-order valence-electron chi connectivity index (χ1n) is 23.6. The molecule has 0 radical (unpaired) electrons. The van der Waals surface area contributed by atoms with E-state index in [1.54, 1.807) is 0 Å². The Bertz CT molecular complexity index is 3960. The van der Waals surface area contributed by atoms with Crippen molar-refractivity contribution in [3.8, 4) is 39.1 Å². The van der Waals surface area contributed by atoms with Gasteiger partial charge in [0.25, 0.3) is 0 Å². The smallest absolute Gasteiger partial charge is 0.0541 e. The molecule has 1 atom stereocenters. The third kappa shape index (κ3) is 6.69. The number of para-hydroxylation sites is 3. The van der Waals surface area contributed by atoms with Crippen LogP contribution in [0.5, 0.6) is 0 Å². The zero-order valence-electron chi connectivity index (χ0n) is 37.7. The second kappa shape index (κ2) is 16.6. The molecule has 0 amide bonds. The second-order valence-electron chi connectivity index (χ2n) is 18.1. The molecule has 0 N–H and O–H groups in total. The van der Waals surface area contributed by atoms with E-state index < -0.39 is 0 Å². The van der Waals surface area contributed by atoms with Gasteiger partial charge < -0.3 is 9.47 Å². The van der Waals surface area contributed by atoms with Gasteiger partial charge in [-0.3, -0.25) is 0 Å². The van der Waals surface area contributed by atoms with Gasteiger partial charge in [-0.15, -0.1) is 11.3 Å². The highest BCUT2D eigenvalue weighted by molar-refractivity contribution is 7.26. The summed E-state index contributed by atoms with van der Waals surface area (Å²) >= 11 is 1.89. The Morgan fingerprint density at radius 3 is 1.99 bits per heavy atom. The molecule has 10 aromatic carbocycles. The van der Waals surface area contributed by atoms with E-state index in [1.807, 2.05) is 11.3 Å². The predicted octanol–water partition coefficient (Wildman–Crippen LogP) is 18.5. The molecule has 2 nitrogen and oxygen atoms in total. The summed E-state index contributed by atoms with van der Waals surface area (Å²) in [6.07, 6.45) is 5.71. The fourth-order valence-corrected chi connectivity index (χ4v) is 12.1. The minimum absolute atomic E-state index is 0.357. The van der Waals surface area contributed by atoms with Crippen LogP contribution in [0.4, 0.5) is 11.4 Å². The number of allylic oxidation sites excluding steroid dienone is 3. The Labute approximate surface area is 400 Å². The van der Waals surface area contributed by atoms with Crippen LogP contribution in [0.25, 0.3) is 97.4 Å². The highest BCUT2D eigenvalue weighted by Crippen LogP contribution is 2.48. The summed E-state index contributed by atoms with van der Waals surface area (Å²) in [6.45, 7) is 2.35. The standard InChI is InChI=1S/C65H46N2S/c1-43-36-38-61(57(40-43)47-37-39-62-58(42-47)53-27-9-12-34-60(53)66(62)48-23-6-3-7-24-48)67(49-25-14-22-46(41-49)51-30-17-32-56-54-28-10-13-35-63(54)68-65(51)56)59-33-11-8-26-52(59)55-31-16-21-45-20-15-29-50(64(45)55)44-18-4-2-5-19-44/h2-39,41-43H,40H2,1H3. The Morgan fingerprint density at radius 1 is 0.471 bits per heavy atom. The Hall–Kier alpha value is -8.24. The number of hydrogen-bond acceptors (Lipinski definition) is 2. The first kappa shape index (κ1) is 40.1. The number of benzene rings is 10. The molecule has 2 heterocycles. The van der Waals surface area contributed by atoms with Crippen LogP contribution in [-0.4, -0.2) is 4.57 Å². The monoisotopic (exact) mass is 886 g/mol. The molecule has 0 bridgehead atoms. The predicted molar refractivity (Wildman–Crippen MR) is 292 cm³/mol. The van der Waals surface area contributed by atoms with Crippen LogP contribution < -0.4 is 4.90 Å². The van der Waals surface area contributed by atoms with Gasteiger partial charge in [0.1, 0.15) is 0 Å². The quantitative estimate of drug-likeness (QED) is 0.148. The second-order valence-corrected chi connectivity index (χ2v) is 19.1.